The zero-order valence-electron chi connectivity index (χ0n) is 7.82. The fraction of sp³-hybridized carbons (Fsp3) is 0. The molecule has 0 saturated heterocycles. The van der Waals surface area contributed by atoms with Gasteiger partial charge in [-0.3, -0.25) is 0 Å². The van der Waals surface area contributed by atoms with E-state index in [9.17, 15) is 0 Å². The van der Waals surface area contributed by atoms with Crippen LogP contribution in [0.1, 0.15) is 0 Å². The molecule has 6 heteroatoms. The van der Waals surface area contributed by atoms with Crippen LogP contribution in [0.25, 0.3) is 0 Å². The summed E-state index contributed by atoms with van der Waals surface area (Å²) in [4.78, 5) is 8.50. The normalized spacial score (nSPS) is 10.4. The first-order chi connectivity index (χ1) is 7.66. The predicted molar refractivity (Wildman–Crippen MR) is 73.0 cm³/mol. The smallest absolute Gasteiger partial charge is 0.117 e. The summed E-state index contributed by atoms with van der Waals surface area (Å²) in [5.41, 5.74) is 0. The summed E-state index contributed by atoms with van der Waals surface area (Å²) in [7, 11) is 0. The van der Waals surface area contributed by atoms with Gasteiger partial charge in [0.05, 0.1) is 14.0 Å². The highest BCUT2D eigenvalue weighted by Crippen LogP contribution is 2.35. The van der Waals surface area contributed by atoms with E-state index >= 15 is 0 Å². The lowest BCUT2D eigenvalue weighted by Crippen LogP contribution is -1.85. The van der Waals surface area contributed by atoms with Gasteiger partial charge in [0.15, 0.2) is 0 Å². The third-order valence-corrected chi connectivity index (χ3v) is 4.71. The molecule has 0 radical (unpaired) electrons. The number of nitrogens with zero attached hydrogens (tertiary/aromatic N) is 2. The molecule has 0 unspecified atom stereocenters. The van der Waals surface area contributed by atoms with Crippen LogP contribution in [0, 0.1) is 0 Å². The zero-order chi connectivity index (χ0) is 11.5. The standard InChI is InChI=1S/C10H5Br2ClN2S/c11-7-2-1-3-14-9(7)16-10-8(12)4-6(13)5-15-10/h1-5H. The quantitative estimate of drug-likeness (QED) is 0.748. The van der Waals surface area contributed by atoms with Gasteiger partial charge in [-0.05, 0) is 61.8 Å². The van der Waals surface area contributed by atoms with Gasteiger partial charge in [0.2, 0.25) is 0 Å². The van der Waals surface area contributed by atoms with Gasteiger partial charge in [-0.1, -0.05) is 11.6 Å². The highest BCUT2D eigenvalue weighted by Gasteiger charge is 2.08. The van der Waals surface area contributed by atoms with Crippen molar-refractivity contribution in [2.75, 3.05) is 0 Å². The van der Waals surface area contributed by atoms with Crippen molar-refractivity contribution in [1.82, 2.24) is 9.97 Å². The summed E-state index contributed by atoms with van der Waals surface area (Å²) in [6.45, 7) is 0. The topological polar surface area (TPSA) is 25.8 Å². The number of hydrogen-bond acceptors (Lipinski definition) is 3. The van der Waals surface area contributed by atoms with Crippen molar-refractivity contribution in [3.8, 4) is 0 Å². The number of halogens is 3. The van der Waals surface area contributed by atoms with Crippen LogP contribution in [0.4, 0.5) is 0 Å². The van der Waals surface area contributed by atoms with Crippen molar-refractivity contribution in [3.05, 3.63) is 44.6 Å². The van der Waals surface area contributed by atoms with Crippen LogP contribution in [0.15, 0.2) is 49.6 Å². The molecule has 0 fully saturated rings. The first-order valence-corrected chi connectivity index (χ1v) is 7.04. The lowest BCUT2D eigenvalue weighted by Gasteiger charge is -2.04. The van der Waals surface area contributed by atoms with Gasteiger partial charge in [0, 0.05) is 12.4 Å². The molecule has 2 aromatic rings. The van der Waals surface area contributed by atoms with E-state index in [1.54, 1.807) is 12.4 Å². The van der Waals surface area contributed by atoms with E-state index in [-0.39, 0.29) is 0 Å². The molecule has 0 amide bonds. The van der Waals surface area contributed by atoms with Crippen molar-refractivity contribution in [2.45, 2.75) is 10.1 Å². The Bertz CT molecular complexity index is 522. The van der Waals surface area contributed by atoms with Crippen molar-refractivity contribution in [3.63, 3.8) is 0 Å². The lowest BCUT2D eigenvalue weighted by atomic mass is 10.5. The minimum absolute atomic E-state index is 0.608. The van der Waals surface area contributed by atoms with Crippen molar-refractivity contribution in [2.24, 2.45) is 0 Å². The molecule has 2 aromatic heterocycles. The highest BCUT2D eigenvalue weighted by molar-refractivity contribution is 9.11. The van der Waals surface area contributed by atoms with E-state index in [1.165, 1.54) is 11.8 Å². The molecule has 0 aromatic carbocycles. The molecule has 0 saturated carbocycles. The minimum atomic E-state index is 0.608. The van der Waals surface area contributed by atoms with Crippen LogP contribution in [0.2, 0.25) is 5.02 Å². The number of rotatable bonds is 2. The molecule has 2 heterocycles. The molecule has 0 spiro atoms. The molecule has 82 valence electrons. The maximum Gasteiger partial charge on any atom is 0.117 e. The molecule has 0 aliphatic heterocycles. The summed E-state index contributed by atoms with van der Waals surface area (Å²) >= 11 is 14.2. The summed E-state index contributed by atoms with van der Waals surface area (Å²) in [6, 6.07) is 5.63. The van der Waals surface area contributed by atoms with E-state index in [4.69, 9.17) is 11.6 Å². The van der Waals surface area contributed by atoms with E-state index in [0.717, 1.165) is 19.0 Å². The second kappa shape index (κ2) is 5.49. The Kier molecular flexibility index (Phi) is 4.24. The molecular weight excluding hydrogens is 375 g/mol. The van der Waals surface area contributed by atoms with Crippen LogP contribution in [0.5, 0.6) is 0 Å². The third-order valence-electron chi connectivity index (χ3n) is 1.69. The molecule has 0 atom stereocenters. The van der Waals surface area contributed by atoms with Crippen molar-refractivity contribution in [1.29, 1.82) is 0 Å². The number of pyridine rings is 2. The Morgan fingerprint density at radius 3 is 2.56 bits per heavy atom. The SMILES string of the molecule is Clc1cnc(Sc2ncccc2Br)c(Br)c1. The van der Waals surface area contributed by atoms with Gasteiger partial charge >= 0.3 is 0 Å². The Labute approximate surface area is 119 Å². The first-order valence-electron chi connectivity index (χ1n) is 4.26. The van der Waals surface area contributed by atoms with Gasteiger partial charge in [0.25, 0.3) is 0 Å². The number of aromatic nitrogens is 2. The molecule has 0 bridgehead atoms. The van der Waals surface area contributed by atoms with Gasteiger partial charge in [-0.15, -0.1) is 0 Å². The fourth-order valence-electron chi connectivity index (χ4n) is 1.02. The van der Waals surface area contributed by atoms with Gasteiger partial charge in [-0.25, -0.2) is 9.97 Å². The van der Waals surface area contributed by atoms with Gasteiger partial charge in [-0.2, -0.15) is 0 Å². The van der Waals surface area contributed by atoms with E-state index in [1.807, 2.05) is 18.2 Å². The maximum atomic E-state index is 5.82. The third kappa shape index (κ3) is 2.97. The summed E-state index contributed by atoms with van der Waals surface area (Å²) in [5, 5.41) is 2.32. The Morgan fingerprint density at radius 2 is 1.88 bits per heavy atom. The lowest BCUT2D eigenvalue weighted by molar-refractivity contribution is 1.07. The van der Waals surface area contributed by atoms with Crippen molar-refractivity contribution >= 4 is 55.2 Å². The van der Waals surface area contributed by atoms with Crippen LogP contribution < -0.4 is 0 Å². The van der Waals surface area contributed by atoms with E-state index < -0.39 is 0 Å². The van der Waals surface area contributed by atoms with Crippen molar-refractivity contribution < 1.29 is 0 Å². The largest absolute Gasteiger partial charge is 0.248 e. The van der Waals surface area contributed by atoms with Crippen LogP contribution in [0.3, 0.4) is 0 Å². The van der Waals surface area contributed by atoms with E-state index in [2.05, 4.69) is 41.8 Å². The molecular formula is C10H5Br2ClN2S. The van der Waals surface area contributed by atoms with Crippen LogP contribution >= 0.6 is 55.2 Å². The molecule has 0 N–H and O–H groups in total. The fourth-order valence-corrected chi connectivity index (χ4v) is 3.12. The average Bonchev–Trinajstić information content (AvgIpc) is 2.25. The molecule has 2 nitrogen and oxygen atoms in total. The molecule has 16 heavy (non-hydrogen) atoms. The minimum Gasteiger partial charge on any atom is -0.248 e. The summed E-state index contributed by atoms with van der Waals surface area (Å²) in [5.74, 6) is 0. The van der Waals surface area contributed by atoms with Crippen LogP contribution in [-0.4, -0.2) is 9.97 Å². The highest BCUT2D eigenvalue weighted by atomic mass is 79.9. The number of hydrogen-bond donors (Lipinski definition) is 0. The molecule has 0 aliphatic carbocycles. The Morgan fingerprint density at radius 1 is 1.12 bits per heavy atom. The second-order valence-corrected chi connectivity index (χ2v) is 5.96. The first kappa shape index (κ1) is 12.4. The van der Waals surface area contributed by atoms with Gasteiger partial charge < -0.3 is 0 Å². The summed E-state index contributed by atoms with van der Waals surface area (Å²) in [6.07, 6.45) is 3.36. The summed E-state index contributed by atoms with van der Waals surface area (Å²) < 4.78 is 1.81. The zero-order valence-corrected chi connectivity index (χ0v) is 12.6. The Balaban J connectivity index is 2.31. The molecule has 0 aliphatic rings. The Hall–Kier alpha value is -0.100. The van der Waals surface area contributed by atoms with E-state index in [0.29, 0.717) is 5.02 Å². The van der Waals surface area contributed by atoms with Crippen LogP contribution in [-0.2, 0) is 0 Å². The average molecular weight is 380 g/mol. The predicted octanol–water partition coefficient (Wildman–Crippen LogP) is 4.81. The molecule has 2 rings (SSSR count). The second-order valence-electron chi connectivity index (χ2n) is 2.83. The van der Waals surface area contributed by atoms with Gasteiger partial charge in [0.1, 0.15) is 10.1 Å². The monoisotopic (exact) mass is 378 g/mol. The maximum absolute atomic E-state index is 5.82.